The molecule has 0 saturated carbocycles. The number of nitrogens with zero attached hydrogens (tertiary/aromatic N) is 3. The molecule has 0 radical (unpaired) electrons. The lowest BCUT2D eigenvalue weighted by atomic mass is 9.97. The number of azide groups is 1. The Morgan fingerprint density at radius 3 is 2.56 bits per heavy atom. The quantitative estimate of drug-likeness (QED) is 0.230. The minimum Gasteiger partial charge on any atom is -0.450 e. The topological polar surface area (TPSA) is 132 Å². The fourth-order valence-electron chi connectivity index (χ4n) is 3.63. The number of carbonyl (C=O) groups excluding carboxylic acids is 1. The summed E-state index contributed by atoms with van der Waals surface area (Å²) in [5, 5.41) is 14.5. The molecule has 0 aromatic heterocycles. The predicted octanol–water partition coefficient (Wildman–Crippen LogP) is 2.74. The molecule has 1 unspecified atom stereocenters. The van der Waals surface area contributed by atoms with Crippen molar-refractivity contribution in [1.82, 2.24) is 0 Å². The minimum absolute atomic E-state index is 0.0204. The Morgan fingerprint density at radius 2 is 1.84 bits per heavy atom. The molecule has 6 atom stereocenters. The SMILES string of the molecule is [N-]=[N+]=NCCO[C@@H]1O[C@@H]2COC(c3ccccc3)O[C@H]2[C@H](O)[C@@H]1OC(=O)c1ccccc1. The Labute approximate surface area is 184 Å². The lowest BCUT2D eigenvalue weighted by Gasteiger charge is -2.47. The van der Waals surface area contributed by atoms with Crippen LogP contribution < -0.4 is 0 Å². The van der Waals surface area contributed by atoms with Crippen LogP contribution in [0.4, 0.5) is 0 Å². The van der Waals surface area contributed by atoms with E-state index in [1.165, 1.54) is 0 Å². The van der Waals surface area contributed by atoms with E-state index in [-0.39, 0.29) is 19.8 Å². The third-order valence-corrected chi connectivity index (χ3v) is 5.17. The van der Waals surface area contributed by atoms with Gasteiger partial charge in [-0.15, -0.1) is 0 Å². The molecule has 2 aromatic carbocycles. The van der Waals surface area contributed by atoms with Crippen molar-refractivity contribution in [3.63, 3.8) is 0 Å². The van der Waals surface area contributed by atoms with Crippen molar-refractivity contribution >= 4 is 5.97 Å². The Bertz CT molecular complexity index is 939. The van der Waals surface area contributed by atoms with Crippen LogP contribution in [0.1, 0.15) is 22.2 Å². The summed E-state index contributed by atoms with van der Waals surface area (Å²) in [4.78, 5) is 15.3. The number of benzene rings is 2. The van der Waals surface area contributed by atoms with Crippen molar-refractivity contribution in [1.29, 1.82) is 0 Å². The third kappa shape index (κ3) is 5.08. The second-order valence-corrected chi connectivity index (χ2v) is 7.27. The van der Waals surface area contributed by atoms with E-state index in [2.05, 4.69) is 10.0 Å². The summed E-state index contributed by atoms with van der Waals surface area (Å²) >= 11 is 0. The molecule has 2 heterocycles. The highest BCUT2D eigenvalue weighted by atomic mass is 16.8. The van der Waals surface area contributed by atoms with Crippen molar-refractivity contribution in [2.45, 2.75) is 37.0 Å². The zero-order valence-electron chi connectivity index (χ0n) is 17.1. The average molecular weight is 441 g/mol. The molecule has 0 spiro atoms. The van der Waals surface area contributed by atoms with E-state index in [0.29, 0.717) is 5.56 Å². The van der Waals surface area contributed by atoms with Crippen molar-refractivity contribution < 1.29 is 33.6 Å². The minimum atomic E-state index is -1.24. The molecule has 0 bridgehead atoms. The van der Waals surface area contributed by atoms with Gasteiger partial charge in [0.05, 0.1) is 18.8 Å². The normalized spacial score (nSPS) is 29.4. The molecule has 2 aliphatic rings. The number of ether oxygens (including phenoxy) is 5. The molecule has 32 heavy (non-hydrogen) atoms. The van der Waals surface area contributed by atoms with Crippen LogP contribution in [0.5, 0.6) is 0 Å². The average Bonchev–Trinajstić information content (AvgIpc) is 2.85. The maximum absolute atomic E-state index is 12.6. The van der Waals surface area contributed by atoms with Crippen molar-refractivity contribution in [2.75, 3.05) is 19.8 Å². The van der Waals surface area contributed by atoms with Crippen molar-refractivity contribution in [3.8, 4) is 0 Å². The van der Waals surface area contributed by atoms with Gasteiger partial charge < -0.3 is 28.8 Å². The predicted molar refractivity (Wildman–Crippen MR) is 110 cm³/mol. The molecule has 4 rings (SSSR count). The van der Waals surface area contributed by atoms with Gasteiger partial charge in [0.1, 0.15) is 18.3 Å². The number of hydrogen-bond donors (Lipinski definition) is 1. The number of aliphatic hydroxyl groups is 1. The van der Waals surface area contributed by atoms with Gasteiger partial charge in [-0.3, -0.25) is 0 Å². The summed E-state index contributed by atoms with van der Waals surface area (Å²) < 4.78 is 28.9. The fourth-order valence-corrected chi connectivity index (χ4v) is 3.63. The number of rotatable bonds is 7. The van der Waals surface area contributed by atoms with Gasteiger partial charge >= 0.3 is 5.97 Å². The maximum Gasteiger partial charge on any atom is 0.338 e. The molecule has 2 saturated heterocycles. The van der Waals surface area contributed by atoms with Crippen LogP contribution in [0.15, 0.2) is 65.8 Å². The van der Waals surface area contributed by atoms with Crippen molar-refractivity contribution in [2.24, 2.45) is 5.11 Å². The highest BCUT2D eigenvalue weighted by Gasteiger charge is 2.51. The van der Waals surface area contributed by atoms with Crippen LogP contribution in [0.3, 0.4) is 0 Å². The zero-order chi connectivity index (χ0) is 22.3. The second kappa shape index (κ2) is 10.6. The van der Waals surface area contributed by atoms with E-state index in [4.69, 9.17) is 29.2 Å². The van der Waals surface area contributed by atoms with Gasteiger partial charge in [-0.25, -0.2) is 4.79 Å². The first-order valence-corrected chi connectivity index (χ1v) is 10.2. The smallest absolute Gasteiger partial charge is 0.338 e. The number of esters is 1. The van der Waals surface area contributed by atoms with Crippen LogP contribution in [-0.2, 0) is 23.7 Å². The summed E-state index contributed by atoms with van der Waals surface area (Å²) in [5.41, 5.74) is 9.56. The van der Waals surface area contributed by atoms with E-state index in [0.717, 1.165) is 5.56 Å². The molecule has 2 aromatic rings. The zero-order valence-corrected chi connectivity index (χ0v) is 17.1. The standard InChI is InChI=1S/C22H23N3O7/c23-25-24-11-12-28-22-19(31-20(27)14-7-3-1-4-8-14)17(26)18-16(30-22)13-29-21(32-18)15-9-5-2-6-10-15/h1-10,16-19,21-22,26H,11-13H2/t16-,17+,18-,19+,21?,22-/m1/s1. The van der Waals surface area contributed by atoms with Crippen LogP contribution in [-0.4, -0.2) is 61.5 Å². The first-order valence-electron chi connectivity index (χ1n) is 10.2. The highest BCUT2D eigenvalue weighted by molar-refractivity contribution is 5.89. The molecule has 1 N–H and O–H groups in total. The van der Waals surface area contributed by atoms with E-state index in [9.17, 15) is 9.90 Å². The lowest BCUT2D eigenvalue weighted by molar-refractivity contribution is -0.360. The number of aliphatic hydroxyl groups excluding tert-OH is 1. The molecular weight excluding hydrogens is 418 g/mol. The van der Waals surface area contributed by atoms with Crippen LogP contribution >= 0.6 is 0 Å². The Morgan fingerprint density at radius 1 is 1.12 bits per heavy atom. The summed E-state index contributed by atoms with van der Waals surface area (Å²) in [6.45, 7) is 0.229. The second-order valence-electron chi connectivity index (χ2n) is 7.27. The number of fused-ring (bicyclic) bond motifs is 1. The first-order chi connectivity index (χ1) is 15.7. The first kappa shape index (κ1) is 22.2. The molecule has 2 fully saturated rings. The largest absolute Gasteiger partial charge is 0.450 e. The molecule has 10 heteroatoms. The summed E-state index contributed by atoms with van der Waals surface area (Å²) in [5.74, 6) is -0.632. The van der Waals surface area contributed by atoms with Crippen LogP contribution in [0.25, 0.3) is 10.4 Å². The number of carbonyl (C=O) groups is 1. The highest BCUT2D eigenvalue weighted by Crippen LogP contribution is 2.35. The summed E-state index contributed by atoms with van der Waals surface area (Å²) in [7, 11) is 0. The molecule has 2 aliphatic heterocycles. The van der Waals surface area contributed by atoms with Crippen molar-refractivity contribution in [3.05, 3.63) is 82.2 Å². The van der Waals surface area contributed by atoms with Gasteiger partial charge in [-0.1, -0.05) is 53.6 Å². The van der Waals surface area contributed by atoms with Gasteiger partial charge in [-0.05, 0) is 17.7 Å². The van der Waals surface area contributed by atoms with Gasteiger partial charge in [0.15, 0.2) is 18.7 Å². The van der Waals surface area contributed by atoms with Gasteiger partial charge in [0, 0.05) is 17.0 Å². The molecule has 0 amide bonds. The van der Waals surface area contributed by atoms with Crippen LogP contribution in [0, 0.1) is 0 Å². The Kier molecular flexibility index (Phi) is 7.33. The Balaban J connectivity index is 1.51. The van der Waals surface area contributed by atoms with Gasteiger partial charge in [0.2, 0.25) is 0 Å². The van der Waals surface area contributed by atoms with E-state index in [1.54, 1.807) is 30.3 Å². The Hall–Kier alpha value is -2.98. The lowest BCUT2D eigenvalue weighted by Crippen LogP contribution is -2.63. The monoisotopic (exact) mass is 441 g/mol. The maximum atomic E-state index is 12.6. The van der Waals surface area contributed by atoms with Gasteiger partial charge in [-0.2, -0.15) is 0 Å². The molecular formula is C22H23N3O7. The molecule has 0 aliphatic carbocycles. The fraction of sp³-hybridized carbons (Fsp3) is 0.409. The van der Waals surface area contributed by atoms with E-state index < -0.39 is 43.0 Å². The number of hydrogen-bond acceptors (Lipinski definition) is 8. The van der Waals surface area contributed by atoms with E-state index >= 15 is 0 Å². The summed E-state index contributed by atoms with van der Waals surface area (Å²) in [6, 6.07) is 17.7. The van der Waals surface area contributed by atoms with Gasteiger partial charge in [0.25, 0.3) is 0 Å². The third-order valence-electron chi connectivity index (χ3n) is 5.17. The summed E-state index contributed by atoms with van der Waals surface area (Å²) in [6.07, 6.45) is -5.62. The van der Waals surface area contributed by atoms with Crippen LogP contribution in [0.2, 0.25) is 0 Å². The van der Waals surface area contributed by atoms with E-state index in [1.807, 2.05) is 30.3 Å². The molecule has 168 valence electrons. The molecule has 10 nitrogen and oxygen atoms in total.